The molecule has 1 unspecified atom stereocenters. The van der Waals surface area contributed by atoms with Crippen LogP contribution in [0.1, 0.15) is 24.0 Å². The van der Waals surface area contributed by atoms with Crippen molar-refractivity contribution >= 4 is 5.91 Å². The van der Waals surface area contributed by atoms with Crippen molar-refractivity contribution in [3.05, 3.63) is 35.4 Å². The predicted octanol–water partition coefficient (Wildman–Crippen LogP) is 1.41. The highest BCUT2D eigenvalue weighted by Crippen LogP contribution is 2.09. The molecule has 0 aromatic heterocycles. The number of amides is 1. The van der Waals surface area contributed by atoms with E-state index in [-0.39, 0.29) is 11.9 Å². The Balaban J connectivity index is 2.40. The summed E-state index contributed by atoms with van der Waals surface area (Å²) < 4.78 is 5.07. The van der Waals surface area contributed by atoms with Gasteiger partial charge in [-0.05, 0) is 37.4 Å². The van der Waals surface area contributed by atoms with Crippen LogP contribution in [0.25, 0.3) is 0 Å². The quantitative estimate of drug-likeness (QED) is 0.746. The number of carbonyl (C=O) groups excluding carboxylic acids is 1. The lowest BCUT2D eigenvalue weighted by atomic mass is 10.0. The number of aryl methyl sites for hydroxylation is 2. The molecule has 0 aliphatic rings. The third kappa shape index (κ3) is 5.85. The molecular weight excluding hydrogens is 240 g/mol. The van der Waals surface area contributed by atoms with Crippen LogP contribution in [0.5, 0.6) is 0 Å². The number of hydrogen-bond donors (Lipinski definition) is 2. The maximum atomic E-state index is 11.9. The molecule has 0 saturated heterocycles. The number of ether oxygens (including phenoxy) is 1. The number of hydrogen-bond acceptors (Lipinski definition) is 3. The molecule has 1 amide bonds. The Morgan fingerprint density at radius 3 is 2.79 bits per heavy atom. The van der Waals surface area contributed by atoms with Gasteiger partial charge in [0.1, 0.15) is 0 Å². The topological polar surface area (TPSA) is 64.3 Å². The van der Waals surface area contributed by atoms with E-state index in [0.717, 1.165) is 12.8 Å². The van der Waals surface area contributed by atoms with Crippen molar-refractivity contribution in [3.8, 4) is 0 Å². The Kier molecular flexibility index (Phi) is 7.15. The normalized spacial score (nSPS) is 12.2. The molecule has 1 atom stereocenters. The highest BCUT2D eigenvalue weighted by Gasteiger charge is 2.11. The van der Waals surface area contributed by atoms with Crippen LogP contribution in [-0.2, 0) is 16.0 Å². The van der Waals surface area contributed by atoms with E-state index in [1.807, 2.05) is 12.1 Å². The minimum atomic E-state index is 0.0133. The Labute approximate surface area is 115 Å². The molecule has 0 fully saturated rings. The molecule has 1 aromatic rings. The lowest BCUT2D eigenvalue weighted by Crippen LogP contribution is -2.39. The molecular formula is C15H24N2O2. The van der Waals surface area contributed by atoms with Gasteiger partial charge < -0.3 is 15.8 Å². The van der Waals surface area contributed by atoms with Crippen molar-refractivity contribution in [2.75, 3.05) is 20.3 Å². The fourth-order valence-corrected chi connectivity index (χ4v) is 2.04. The fourth-order valence-electron chi connectivity index (χ4n) is 2.04. The van der Waals surface area contributed by atoms with Gasteiger partial charge in [0.15, 0.2) is 0 Å². The first-order chi connectivity index (χ1) is 9.17. The third-order valence-corrected chi connectivity index (χ3v) is 3.13. The summed E-state index contributed by atoms with van der Waals surface area (Å²) in [6, 6.07) is 8.15. The van der Waals surface area contributed by atoms with Crippen molar-refractivity contribution < 1.29 is 9.53 Å². The van der Waals surface area contributed by atoms with Crippen LogP contribution < -0.4 is 11.1 Å². The van der Waals surface area contributed by atoms with Crippen molar-refractivity contribution in [2.45, 2.75) is 32.2 Å². The van der Waals surface area contributed by atoms with Crippen LogP contribution >= 0.6 is 0 Å². The second-order valence-corrected chi connectivity index (χ2v) is 4.72. The summed E-state index contributed by atoms with van der Waals surface area (Å²) in [5, 5.41) is 2.96. The number of nitrogens with one attached hydrogen (secondary N) is 1. The van der Waals surface area contributed by atoms with E-state index in [4.69, 9.17) is 10.5 Å². The molecule has 0 aliphatic heterocycles. The third-order valence-electron chi connectivity index (χ3n) is 3.13. The van der Waals surface area contributed by atoms with Crippen LogP contribution in [0.3, 0.4) is 0 Å². The van der Waals surface area contributed by atoms with Crippen molar-refractivity contribution in [3.63, 3.8) is 0 Å². The van der Waals surface area contributed by atoms with Gasteiger partial charge in [-0.3, -0.25) is 4.79 Å². The summed E-state index contributed by atoms with van der Waals surface area (Å²) in [6.07, 6.45) is 2.00. The Morgan fingerprint density at radius 2 is 2.16 bits per heavy atom. The molecule has 0 spiro atoms. The number of benzene rings is 1. The van der Waals surface area contributed by atoms with Gasteiger partial charge in [0, 0.05) is 13.5 Å². The molecule has 1 rings (SSSR count). The first kappa shape index (κ1) is 15.7. The van der Waals surface area contributed by atoms with E-state index in [2.05, 4.69) is 24.4 Å². The van der Waals surface area contributed by atoms with Crippen molar-refractivity contribution in [1.29, 1.82) is 0 Å². The SMILES string of the molecule is COCC(CCN)NC(=O)CCc1ccccc1C. The van der Waals surface area contributed by atoms with Crippen LogP contribution in [0.15, 0.2) is 24.3 Å². The zero-order valence-corrected chi connectivity index (χ0v) is 11.8. The molecule has 4 nitrogen and oxygen atoms in total. The van der Waals surface area contributed by atoms with Gasteiger partial charge >= 0.3 is 0 Å². The molecule has 0 bridgehead atoms. The second kappa shape index (κ2) is 8.67. The van der Waals surface area contributed by atoms with E-state index in [1.54, 1.807) is 7.11 Å². The van der Waals surface area contributed by atoms with Gasteiger partial charge in [0.05, 0.1) is 12.6 Å². The minimum absolute atomic E-state index is 0.0133. The predicted molar refractivity (Wildman–Crippen MR) is 77.0 cm³/mol. The van der Waals surface area contributed by atoms with Crippen molar-refractivity contribution in [2.24, 2.45) is 5.73 Å². The van der Waals surface area contributed by atoms with E-state index in [0.29, 0.717) is 19.6 Å². The Hall–Kier alpha value is -1.39. The number of carbonyl (C=O) groups is 1. The molecule has 106 valence electrons. The van der Waals surface area contributed by atoms with Gasteiger partial charge in [-0.25, -0.2) is 0 Å². The molecule has 0 aliphatic carbocycles. The highest BCUT2D eigenvalue weighted by atomic mass is 16.5. The van der Waals surface area contributed by atoms with Crippen LogP contribution in [0.4, 0.5) is 0 Å². The van der Waals surface area contributed by atoms with Gasteiger partial charge in [-0.15, -0.1) is 0 Å². The molecule has 1 aromatic carbocycles. The van der Waals surface area contributed by atoms with E-state index < -0.39 is 0 Å². The van der Waals surface area contributed by atoms with E-state index in [9.17, 15) is 4.79 Å². The maximum absolute atomic E-state index is 11.9. The monoisotopic (exact) mass is 264 g/mol. The van der Waals surface area contributed by atoms with Gasteiger partial charge in [0.25, 0.3) is 0 Å². The number of nitrogens with two attached hydrogens (primary N) is 1. The van der Waals surface area contributed by atoms with Gasteiger partial charge in [0.2, 0.25) is 5.91 Å². The van der Waals surface area contributed by atoms with Gasteiger partial charge in [-0.1, -0.05) is 24.3 Å². The maximum Gasteiger partial charge on any atom is 0.220 e. The molecule has 3 N–H and O–H groups in total. The fraction of sp³-hybridized carbons (Fsp3) is 0.533. The Morgan fingerprint density at radius 1 is 1.42 bits per heavy atom. The van der Waals surface area contributed by atoms with Crippen LogP contribution in [0.2, 0.25) is 0 Å². The average molecular weight is 264 g/mol. The summed E-state index contributed by atoms with van der Waals surface area (Å²) in [5.74, 6) is 0.0544. The van der Waals surface area contributed by atoms with Crippen LogP contribution in [0, 0.1) is 6.92 Å². The Bertz CT molecular complexity index is 387. The van der Waals surface area contributed by atoms with E-state index in [1.165, 1.54) is 11.1 Å². The minimum Gasteiger partial charge on any atom is -0.383 e. The highest BCUT2D eigenvalue weighted by molar-refractivity contribution is 5.76. The molecule has 0 radical (unpaired) electrons. The molecule has 0 saturated carbocycles. The van der Waals surface area contributed by atoms with Crippen LogP contribution in [-0.4, -0.2) is 32.2 Å². The first-order valence-corrected chi connectivity index (χ1v) is 6.70. The zero-order valence-electron chi connectivity index (χ0n) is 11.8. The zero-order chi connectivity index (χ0) is 14.1. The standard InChI is InChI=1S/C15H24N2O2/c1-12-5-3-4-6-13(12)7-8-15(18)17-14(9-10-16)11-19-2/h3-6,14H,7-11,16H2,1-2H3,(H,17,18). The van der Waals surface area contributed by atoms with E-state index >= 15 is 0 Å². The molecule has 19 heavy (non-hydrogen) atoms. The summed E-state index contributed by atoms with van der Waals surface area (Å²) in [7, 11) is 1.63. The first-order valence-electron chi connectivity index (χ1n) is 6.70. The molecule has 4 heteroatoms. The summed E-state index contributed by atoms with van der Waals surface area (Å²) in [4.78, 5) is 11.9. The smallest absolute Gasteiger partial charge is 0.220 e. The van der Waals surface area contributed by atoms with Crippen molar-refractivity contribution in [1.82, 2.24) is 5.32 Å². The number of methoxy groups -OCH3 is 1. The average Bonchev–Trinajstić information content (AvgIpc) is 2.38. The summed E-state index contributed by atoms with van der Waals surface area (Å²) >= 11 is 0. The summed E-state index contributed by atoms with van der Waals surface area (Å²) in [6.45, 7) is 3.12. The lowest BCUT2D eigenvalue weighted by molar-refractivity contribution is -0.122. The van der Waals surface area contributed by atoms with Gasteiger partial charge in [-0.2, -0.15) is 0 Å². The molecule has 0 heterocycles. The summed E-state index contributed by atoms with van der Waals surface area (Å²) in [5.41, 5.74) is 7.96. The number of rotatable bonds is 8. The lowest BCUT2D eigenvalue weighted by Gasteiger charge is -2.17. The second-order valence-electron chi connectivity index (χ2n) is 4.72. The largest absolute Gasteiger partial charge is 0.383 e.